The molecule has 0 aliphatic rings. The van der Waals surface area contributed by atoms with Crippen LogP contribution in [0.3, 0.4) is 0 Å². The molecule has 146 valence electrons. The lowest BCUT2D eigenvalue weighted by molar-refractivity contribution is -0.136. The van der Waals surface area contributed by atoms with Crippen molar-refractivity contribution in [2.45, 2.75) is 19.3 Å². The molecule has 3 heterocycles. The van der Waals surface area contributed by atoms with Gasteiger partial charge in [-0.3, -0.25) is 9.78 Å². The number of aryl methyl sites for hydroxylation is 1. The van der Waals surface area contributed by atoms with E-state index in [0.717, 1.165) is 41.3 Å². The summed E-state index contributed by atoms with van der Waals surface area (Å²) < 4.78 is 1.95. The van der Waals surface area contributed by atoms with Gasteiger partial charge in [0.05, 0.1) is 5.69 Å². The standard InChI is InChI=1S/C22H21N5O2/c28-20(29)6-3-16-1-4-18(5-2-16)19-15-27-14-13-25-22(27)21(26-19)24-12-9-17-7-10-23-11-8-17/h1-2,4-5,7-8,10-11,13-15H,3,6,9,12H2,(H,24,26)(H,28,29). The molecule has 0 aliphatic carbocycles. The fourth-order valence-electron chi connectivity index (χ4n) is 3.16. The number of nitrogens with one attached hydrogen (secondary N) is 1. The molecule has 0 unspecified atom stereocenters. The summed E-state index contributed by atoms with van der Waals surface area (Å²) in [4.78, 5) is 24.0. The van der Waals surface area contributed by atoms with Crippen LogP contribution in [0.4, 0.5) is 5.82 Å². The van der Waals surface area contributed by atoms with Gasteiger partial charge in [-0.1, -0.05) is 24.3 Å². The van der Waals surface area contributed by atoms with E-state index in [-0.39, 0.29) is 6.42 Å². The van der Waals surface area contributed by atoms with Crippen molar-refractivity contribution in [2.24, 2.45) is 0 Å². The van der Waals surface area contributed by atoms with Gasteiger partial charge in [-0.25, -0.2) is 9.97 Å². The van der Waals surface area contributed by atoms with Crippen LogP contribution in [0.2, 0.25) is 0 Å². The SMILES string of the molecule is O=C(O)CCc1ccc(-c2cn3ccnc3c(NCCc3ccncc3)n2)cc1. The molecule has 29 heavy (non-hydrogen) atoms. The minimum Gasteiger partial charge on any atom is -0.481 e. The number of carbonyl (C=O) groups is 1. The first kappa shape index (κ1) is 18.6. The number of rotatable bonds is 8. The molecule has 3 aromatic heterocycles. The molecule has 0 bridgehead atoms. The Morgan fingerprint density at radius 1 is 1.00 bits per heavy atom. The predicted octanol–water partition coefficient (Wildman–Crippen LogP) is 3.46. The average Bonchev–Trinajstić information content (AvgIpc) is 3.22. The van der Waals surface area contributed by atoms with Crippen LogP contribution >= 0.6 is 0 Å². The highest BCUT2D eigenvalue weighted by atomic mass is 16.4. The number of imidazole rings is 1. The first-order valence-electron chi connectivity index (χ1n) is 9.46. The Labute approximate surface area is 168 Å². The molecule has 7 heteroatoms. The van der Waals surface area contributed by atoms with Crippen molar-refractivity contribution in [3.63, 3.8) is 0 Å². The van der Waals surface area contributed by atoms with Gasteiger partial charge < -0.3 is 14.8 Å². The maximum atomic E-state index is 10.7. The lowest BCUT2D eigenvalue weighted by atomic mass is 10.1. The van der Waals surface area contributed by atoms with Gasteiger partial charge in [0.15, 0.2) is 11.5 Å². The van der Waals surface area contributed by atoms with E-state index in [4.69, 9.17) is 10.1 Å². The molecular weight excluding hydrogens is 366 g/mol. The number of pyridine rings is 1. The van der Waals surface area contributed by atoms with E-state index >= 15 is 0 Å². The monoisotopic (exact) mass is 387 g/mol. The Balaban J connectivity index is 1.53. The number of hydrogen-bond acceptors (Lipinski definition) is 5. The van der Waals surface area contributed by atoms with E-state index in [9.17, 15) is 4.79 Å². The summed E-state index contributed by atoms with van der Waals surface area (Å²) >= 11 is 0. The van der Waals surface area contributed by atoms with Gasteiger partial charge in [-0.05, 0) is 36.1 Å². The smallest absolute Gasteiger partial charge is 0.303 e. The summed E-state index contributed by atoms with van der Waals surface area (Å²) in [6.45, 7) is 0.733. The topological polar surface area (TPSA) is 92.4 Å². The Bertz CT molecular complexity index is 1110. The number of carboxylic acids is 1. The fraction of sp³-hybridized carbons (Fsp3) is 0.182. The molecule has 0 radical (unpaired) electrons. The second-order valence-corrected chi connectivity index (χ2v) is 6.76. The first-order valence-corrected chi connectivity index (χ1v) is 9.46. The van der Waals surface area contributed by atoms with Crippen LogP contribution in [0.25, 0.3) is 16.9 Å². The zero-order valence-electron chi connectivity index (χ0n) is 15.8. The van der Waals surface area contributed by atoms with Gasteiger partial charge in [-0.15, -0.1) is 0 Å². The van der Waals surface area contributed by atoms with Gasteiger partial charge in [0.25, 0.3) is 0 Å². The van der Waals surface area contributed by atoms with Gasteiger partial charge >= 0.3 is 5.97 Å². The van der Waals surface area contributed by atoms with Crippen LogP contribution < -0.4 is 5.32 Å². The predicted molar refractivity (Wildman–Crippen MR) is 111 cm³/mol. The van der Waals surface area contributed by atoms with E-state index in [1.54, 1.807) is 18.6 Å². The molecule has 4 rings (SSSR count). The van der Waals surface area contributed by atoms with E-state index in [0.29, 0.717) is 6.42 Å². The van der Waals surface area contributed by atoms with Gasteiger partial charge in [-0.2, -0.15) is 0 Å². The van der Waals surface area contributed by atoms with E-state index in [1.807, 2.05) is 53.2 Å². The second-order valence-electron chi connectivity index (χ2n) is 6.76. The van der Waals surface area contributed by atoms with Gasteiger partial charge in [0.2, 0.25) is 0 Å². The van der Waals surface area contributed by atoms with Crippen LogP contribution in [0.5, 0.6) is 0 Å². The molecule has 0 saturated heterocycles. The molecule has 4 aromatic rings. The maximum Gasteiger partial charge on any atom is 0.303 e. The number of hydrogen-bond donors (Lipinski definition) is 2. The summed E-state index contributed by atoms with van der Waals surface area (Å²) in [6, 6.07) is 11.9. The minimum absolute atomic E-state index is 0.129. The molecule has 0 atom stereocenters. The Morgan fingerprint density at radius 2 is 1.76 bits per heavy atom. The quantitative estimate of drug-likeness (QED) is 0.481. The molecule has 0 saturated carbocycles. The van der Waals surface area contributed by atoms with E-state index < -0.39 is 5.97 Å². The van der Waals surface area contributed by atoms with Crippen LogP contribution in [0.1, 0.15) is 17.5 Å². The summed E-state index contributed by atoms with van der Waals surface area (Å²) in [5, 5.41) is 12.2. The molecule has 7 nitrogen and oxygen atoms in total. The average molecular weight is 387 g/mol. The molecule has 2 N–H and O–H groups in total. The first-order chi connectivity index (χ1) is 14.2. The van der Waals surface area contributed by atoms with Crippen LogP contribution in [0.15, 0.2) is 67.4 Å². The highest BCUT2D eigenvalue weighted by molar-refractivity contribution is 5.70. The number of carboxylic acid groups (broad SMARTS) is 1. The Hall–Kier alpha value is -3.74. The lowest BCUT2D eigenvalue weighted by Gasteiger charge is -2.10. The van der Waals surface area contributed by atoms with E-state index in [2.05, 4.69) is 15.3 Å². The van der Waals surface area contributed by atoms with Crippen molar-refractivity contribution in [2.75, 3.05) is 11.9 Å². The summed E-state index contributed by atoms with van der Waals surface area (Å²) in [6.07, 6.45) is 10.7. The van der Waals surface area contributed by atoms with Crippen LogP contribution in [0, 0.1) is 0 Å². The molecule has 0 fully saturated rings. The van der Waals surface area contributed by atoms with Crippen molar-refractivity contribution < 1.29 is 9.90 Å². The Kier molecular flexibility index (Phi) is 5.47. The van der Waals surface area contributed by atoms with Gasteiger partial charge in [0.1, 0.15) is 0 Å². The molecule has 0 aliphatic heterocycles. The third-order valence-corrected chi connectivity index (χ3v) is 4.71. The Morgan fingerprint density at radius 3 is 2.52 bits per heavy atom. The zero-order valence-corrected chi connectivity index (χ0v) is 15.8. The number of benzene rings is 1. The number of anilines is 1. The number of nitrogens with zero attached hydrogens (tertiary/aromatic N) is 4. The third kappa shape index (κ3) is 4.57. The minimum atomic E-state index is -0.788. The number of fused-ring (bicyclic) bond motifs is 1. The summed E-state index contributed by atoms with van der Waals surface area (Å²) in [5.74, 6) is -0.0553. The lowest BCUT2D eigenvalue weighted by Crippen LogP contribution is -2.08. The normalized spacial score (nSPS) is 10.9. The van der Waals surface area contributed by atoms with Crippen molar-refractivity contribution in [3.05, 3.63) is 78.5 Å². The summed E-state index contributed by atoms with van der Waals surface area (Å²) in [7, 11) is 0. The highest BCUT2D eigenvalue weighted by Gasteiger charge is 2.09. The van der Waals surface area contributed by atoms with Crippen molar-refractivity contribution in [1.82, 2.24) is 19.4 Å². The van der Waals surface area contributed by atoms with Crippen LogP contribution in [-0.2, 0) is 17.6 Å². The van der Waals surface area contributed by atoms with Crippen molar-refractivity contribution >= 4 is 17.4 Å². The van der Waals surface area contributed by atoms with Crippen molar-refractivity contribution in [1.29, 1.82) is 0 Å². The summed E-state index contributed by atoms with van der Waals surface area (Å²) in [5.41, 5.74) is 4.78. The molecular formula is C22H21N5O2. The van der Waals surface area contributed by atoms with Crippen molar-refractivity contribution in [3.8, 4) is 11.3 Å². The highest BCUT2D eigenvalue weighted by Crippen LogP contribution is 2.23. The third-order valence-electron chi connectivity index (χ3n) is 4.71. The molecule has 0 spiro atoms. The van der Waals surface area contributed by atoms with Gasteiger partial charge in [0, 0.05) is 49.5 Å². The largest absolute Gasteiger partial charge is 0.481 e. The van der Waals surface area contributed by atoms with E-state index in [1.165, 1.54) is 5.56 Å². The second kappa shape index (κ2) is 8.52. The fourth-order valence-corrected chi connectivity index (χ4v) is 3.16. The molecule has 1 aromatic carbocycles. The zero-order chi connectivity index (χ0) is 20.1. The number of aliphatic carboxylic acids is 1. The maximum absolute atomic E-state index is 10.7. The number of aromatic nitrogens is 4. The molecule has 0 amide bonds. The van der Waals surface area contributed by atoms with Crippen LogP contribution in [-0.4, -0.2) is 37.0 Å².